The number of hydrogen-bond acceptors (Lipinski definition) is 3. The fraction of sp³-hybridized carbons (Fsp3) is 0.200. The van der Waals surface area contributed by atoms with Gasteiger partial charge >= 0.3 is 0 Å². The third-order valence-electron chi connectivity index (χ3n) is 3.07. The molecule has 6 heteroatoms. The summed E-state index contributed by atoms with van der Waals surface area (Å²) in [5.41, 5.74) is 0.874. The molecular formula is C15H16FNO2S2. The number of halogens is 1. The molecule has 21 heavy (non-hydrogen) atoms. The second-order valence-corrected chi connectivity index (χ2v) is 7.16. The minimum atomic E-state index is -3.66. The van der Waals surface area contributed by atoms with E-state index in [-0.39, 0.29) is 10.9 Å². The highest BCUT2D eigenvalue weighted by Crippen LogP contribution is 2.20. The van der Waals surface area contributed by atoms with E-state index in [9.17, 15) is 12.8 Å². The Hall–Kier alpha value is -1.37. The fourth-order valence-electron chi connectivity index (χ4n) is 1.88. The van der Waals surface area contributed by atoms with Crippen LogP contribution in [-0.4, -0.2) is 14.7 Å². The summed E-state index contributed by atoms with van der Waals surface area (Å²) in [7, 11) is -3.66. The molecule has 2 aromatic carbocycles. The molecule has 0 aliphatic rings. The maximum absolute atomic E-state index is 12.9. The Morgan fingerprint density at radius 3 is 2.14 bits per heavy atom. The van der Waals surface area contributed by atoms with E-state index >= 15 is 0 Å². The first-order chi connectivity index (χ1) is 9.92. The van der Waals surface area contributed by atoms with Crippen LogP contribution in [0.5, 0.6) is 0 Å². The SMILES string of the molecule is CSc1ccc(C(C)NS(=O)(=O)c2ccc(F)cc2)cc1. The zero-order valence-electron chi connectivity index (χ0n) is 11.7. The van der Waals surface area contributed by atoms with Gasteiger partial charge in [0.1, 0.15) is 5.82 Å². The molecule has 0 amide bonds. The van der Waals surface area contributed by atoms with Crippen molar-refractivity contribution < 1.29 is 12.8 Å². The van der Waals surface area contributed by atoms with Crippen LogP contribution in [0.4, 0.5) is 4.39 Å². The van der Waals surface area contributed by atoms with E-state index in [1.807, 2.05) is 30.5 Å². The molecule has 3 nitrogen and oxygen atoms in total. The van der Waals surface area contributed by atoms with Crippen LogP contribution in [0.15, 0.2) is 58.3 Å². The van der Waals surface area contributed by atoms with Gasteiger partial charge < -0.3 is 0 Å². The monoisotopic (exact) mass is 325 g/mol. The third-order valence-corrected chi connectivity index (χ3v) is 5.37. The number of rotatable bonds is 5. The molecule has 0 saturated heterocycles. The van der Waals surface area contributed by atoms with Gasteiger partial charge in [0.15, 0.2) is 0 Å². The lowest BCUT2D eigenvalue weighted by atomic mass is 10.1. The molecule has 2 rings (SSSR count). The summed E-state index contributed by atoms with van der Waals surface area (Å²) in [6.45, 7) is 1.77. The average molecular weight is 325 g/mol. The minimum Gasteiger partial charge on any atom is -0.207 e. The Bertz CT molecular complexity index is 697. The maximum atomic E-state index is 12.9. The Kier molecular flexibility index (Phi) is 5.03. The molecule has 0 radical (unpaired) electrons. The van der Waals surface area contributed by atoms with Crippen molar-refractivity contribution in [3.63, 3.8) is 0 Å². The van der Waals surface area contributed by atoms with Crippen molar-refractivity contribution in [2.75, 3.05) is 6.26 Å². The molecule has 0 bridgehead atoms. The largest absolute Gasteiger partial charge is 0.241 e. The second-order valence-electron chi connectivity index (χ2n) is 4.57. The standard InChI is InChI=1S/C15H16FNO2S2/c1-11(12-3-7-14(20-2)8-4-12)17-21(18,19)15-9-5-13(16)6-10-15/h3-11,17H,1-2H3. The molecule has 0 aromatic heterocycles. The molecule has 1 N–H and O–H groups in total. The molecule has 0 fully saturated rings. The van der Waals surface area contributed by atoms with Gasteiger partial charge in [-0.1, -0.05) is 12.1 Å². The van der Waals surface area contributed by atoms with Gasteiger partial charge in [-0.3, -0.25) is 0 Å². The van der Waals surface area contributed by atoms with Crippen LogP contribution in [0.25, 0.3) is 0 Å². The summed E-state index contributed by atoms with van der Waals surface area (Å²) < 4.78 is 39.9. The highest BCUT2D eigenvalue weighted by molar-refractivity contribution is 7.98. The van der Waals surface area contributed by atoms with Crippen LogP contribution >= 0.6 is 11.8 Å². The van der Waals surface area contributed by atoms with E-state index < -0.39 is 15.8 Å². The lowest BCUT2D eigenvalue weighted by Crippen LogP contribution is -2.26. The van der Waals surface area contributed by atoms with E-state index in [4.69, 9.17) is 0 Å². The zero-order chi connectivity index (χ0) is 15.5. The first-order valence-electron chi connectivity index (χ1n) is 6.34. The van der Waals surface area contributed by atoms with Gasteiger partial charge in [0.25, 0.3) is 0 Å². The fourth-order valence-corrected chi connectivity index (χ4v) is 3.52. The van der Waals surface area contributed by atoms with Crippen LogP contribution < -0.4 is 4.72 Å². The van der Waals surface area contributed by atoms with Crippen molar-refractivity contribution in [2.45, 2.75) is 22.8 Å². The molecule has 0 spiro atoms. The predicted molar refractivity (Wildman–Crippen MR) is 83.4 cm³/mol. The van der Waals surface area contributed by atoms with Crippen LogP contribution in [-0.2, 0) is 10.0 Å². The van der Waals surface area contributed by atoms with Crippen LogP contribution in [0, 0.1) is 5.82 Å². The van der Waals surface area contributed by atoms with Crippen molar-refractivity contribution in [1.82, 2.24) is 4.72 Å². The van der Waals surface area contributed by atoms with E-state index in [2.05, 4.69) is 4.72 Å². The Morgan fingerprint density at radius 1 is 1.05 bits per heavy atom. The Balaban J connectivity index is 2.17. The Morgan fingerprint density at radius 2 is 1.62 bits per heavy atom. The quantitative estimate of drug-likeness (QED) is 0.855. The third kappa shape index (κ3) is 4.06. The second kappa shape index (κ2) is 6.60. The van der Waals surface area contributed by atoms with Crippen LogP contribution in [0.1, 0.15) is 18.5 Å². The lowest BCUT2D eigenvalue weighted by molar-refractivity contribution is 0.566. The average Bonchev–Trinajstić information content (AvgIpc) is 2.47. The number of nitrogens with one attached hydrogen (secondary N) is 1. The highest BCUT2D eigenvalue weighted by Gasteiger charge is 2.18. The maximum Gasteiger partial charge on any atom is 0.241 e. The molecule has 1 atom stereocenters. The zero-order valence-corrected chi connectivity index (χ0v) is 13.3. The smallest absolute Gasteiger partial charge is 0.207 e. The lowest BCUT2D eigenvalue weighted by Gasteiger charge is -2.15. The topological polar surface area (TPSA) is 46.2 Å². The molecule has 0 aliphatic carbocycles. The van der Waals surface area contributed by atoms with Gasteiger partial charge in [0.05, 0.1) is 4.90 Å². The summed E-state index contributed by atoms with van der Waals surface area (Å²) >= 11 is 1.63. The number of thioether (sulfide) groups is 1. The van der Waals surface area contributed by atoms with Crippen molar-refractivity contribution >= 4 is 21.8 Å². The summed E-state index contributed by atoms with van der Waals surface area (Å²) in [5.74, 6) is -0.463. The molecule has 0 aliphatic heterocycles. The van der Waals surface area contributed by atoms with Crippen molar-refractivity contribution in [3.8, 4) is 0 Å². The first kappa shape index (κ1) is 16.0. The van der Waals surface area contributed by atoms with E-state index in [1.165, 1.54) is 12.1 Å². The normalized spacial score (nSPS) is 13.1. The first-order valence-corrected chi connectivity index (χ1v) is 9.05. The van der Waals surface area contributed by atoms with Crippen molar-refractivity contribution in [3.05, 3.63) is 59.9 Å². The highest BCUT2D eigenvalue weighted by atomic mass is 32.2. The van der Waals surface area contributed by atoms with Crippen LogP contribution in [0.3, 0.4) is 0 Å². The van der Waals surface area contributed by atoms with Crippen molar-refractivity contribution in [2.24, 2.45) is 0 Å². The van der Waals surface area contributed by atoms with Gasteiger partial charge in [-0.2, -0.15) is 0 Å². The summed E-state index contributed by atoms with van der Waals surface area (Å²) in [4.78, 5) is 1.17. The van der Waals surface area contributed by atoms with Gasteiger partial charge in [-0.25, -0.2) is 17.5 Å². The van der Waals surface area contributed by atoms with Gasteiger partial charge in [0, 0.05) is 10.9 Å². The van der Waals surface area contributed by atoms with Crippen molar-refractivity contribution in [1.29, 1.82) is 0 Å². The molecular weight excluding hydrogens is 309 g/mol. The number of benzene rings is 2. The molecule has 0 saturated carbocycles. The van der Waals surface area contributed by atoms with Crippen LogP contribution in [0.2, 0.25) is 0 Å². The van der Waals surface area contributed by atoms with Gasteiger partial charge in [-0.15, -0.1) is 11.8 Å². The molecule has 0 heterocycles. The summed E-state index contributed by atoms with van der Waals surface area (Å²) in [6.07, 6.45) is 1.98. The number of hydrogen-bond donors (Lipinski definition) is 1. The Labute approximate surface area is 128 Å². The summed E-state index contributed by atoms with van der Waals surface area (Å²) in [6, 6.07) is 12.1. The number of sulfonamides is 1. The molecule has 112 valence electrons. The summed E-state index contributed by atoms with van der Waals surface area (Å²) in [5, 5.41) is 0. The van der Waals surface area contributed by atoms with Gasteiger partial charge in [0.2, 0.25) is 10.0 Å². The predicted octanol–water partition coefficient (Wildman–Crippen LogP) is 3.59. The van der Waals surface area contributed by atoms with E-state index in [1.54, 1.807) is 18.7 Å². The van der Waals surface area contributed by atoms with E-state index in [0.29, 0.717) is 0 Å². The minimum absolute atomic E-state index is 0.0523. The molecule has 1 unspecified atom stereocenters. The molecule has 2 aromatic rings. The van der Waals surface area contributed by atoms with E-state index in [0.717, 1.165) is 22.6 Å². The van der Waals surface area contributed by atoms with Gasteiger partial charge in [-0.05, 0) is 55.1 Å².